The van der Waals surface area contributed by atoms with Gasteiger partial charge in [0.1, 0.15) is 12.2 Å². The van der Waals surface area contributed by atoms with E-state index >= 15 is 0 Å². The van der Waals surface area contributed by atoms with E-state index in [1.165, 1.54) is 18.5 Å². The third-order valence-electron chi connectivity index (χ3n) is 2.36. The number of nitrogens with zero attached hydrogens (tertiary/aromatic N) is 2. The van der Waals surface area contributed by atoms with E-state index in [4.69, 9.17) is 5.73 Å². The molecule has 0 aliphatic rings. The van der Waals surface area contributed by atoms with Gasteiger partial charge in [-0.15, -0.1) is 0 Å². The zero-order valence-electron chi connectivity index (χ0n) is 9.71. The van der Waals surface area contributed by atoms with Crippen LogP contribution in [0, 0.1) is 0 Å². The summed E-state index contributed by atoms with van der Waals surface area (Å²) in [5.74, 6) is 0.668. The predicted molar refractivity (Wildman–Crippen MR) is 67.7 cm³/mol. The highest BCUT2D eigenvalue weighted by Crippen LogP contribution is 2.22. The summed E-state index contributed by atoms with van der Waals surface area (Å²) < 4.78 is 22.7. The molecule has 96 valence electrons. The Bertz CT molecular complexity index is 636. The van der Waals surface area contributed by atoms with E-state index in [-0.39, 0.29) is 4.90 Å². The van der Waals surface area contributed by atoms with Gasteiger partial charge >= 0.3 is 0 Å². The molecule has 2 rings (SSSR count). The molecule has 0 atom stereocenters. The minimum atomic E-state index is -3.24. The Kier molecular flexibility index (Phi) is 3.19. The summed E-state index contributed by atoms with van der Waals surface area (Å²) >= 11 is 0. The van der Waals surface area contributed by atoms with E-state index in [1.807, 2.05) is 0 Å². The second-order valence-corrected chi connectivity index (χ2v) is 5.82. The number of nitrogens with one attached hydrogen (secondary N) is 2. The second-order valence-electron chi connectivity index (χ2n) is 3.81. The van der Waals surface area contributed by atoms with Crippen LogP contribution in [-0.2, 0) is 16.4 Å². The van der Waals surface area contributed by atoms with Crippen LogP contribution in [0.25, 0.3) is 0 Å². The summed E-state index contributed by atoms with van der Waals surface area (Å²) in [5, 5.41) is 9.46. The van der Waals surface area contributed by atoms with Crippen LogP contribution in [0.3, 0.4) is 0 Å². The van der Waals surface area contributed by atoms with Crippen molar-refractivity contribution >= 4 is 21.2 Å². The lowest BCUT2D eigenvalue weighted by atomic mass is 10.2. The Balaban J connectivity index is 2.15. The predicted octanol–water partition coefficient (Wildman–Crippen LogP) is 0.403. The first kappa shape index (κ1) is 12.4. The van der Waals surface area contributed by atoms with E-state index in [0.29, 0.717) is 23.7 Å². The maximum absolute atomic E-state index is 11.3. The van der Waals surface area contributed by atoms with Gasteiger partial charge in [-0.1, -0.05) is 0 Å². The molecule has 8 heteroatoms. The van der Waals surface area contributed by atoms with Crippen molar-refractivity contribution in [2.24, 2.45) is 0 Å². The minimum absolute atomic E-state index is 0.199. The van der Waals surface area contributed by atoms with Gasteiger partial charge in [-0.2, -0.15) is 5.10 Å². The molecule has 0 saturated carbocycles. The number of anilines is 2. The quantitative estimate of drug-likeness (QED) is 0.691. The van der Waals surface area contributed by atoms with Crippen LogP contribution in [0.15, 0.2) is 29.4 Å². The molecule has 0 aliphatic carbocycles. The van der Waals surface area contributed by atoms with E-state index < -0.39 is 9.84 Å². The summed E-state index contributed by atoms with van der Waals surface area (Å²) in [6.45, 7) is 0.433. The summed E-state index contributed by atoms with van der Waals surface area (Å²) in [6, 6.07) is 4.56. The van der Waals surface area contributed by atoms with Crippen molar-refractivity contribution in [1.82, 2.24) is 15.2 Å². The first-order chi connectivity index (χ1) is 8.47. The molecule has 1 heterocycles. The Morgan fingerprint density at radius 3 is 2.78 bits per heavy atom. The van der Waals surface area contributed by atoms with Gasteiger partial charge < -0.3 is 11.1 Å². The van der Waals surface area contributed by atoms with E-state index in [2.05, 4.69) is 20.5 Å². The number of rotatable bonds is 4. The number of nitrogen functional groups attached to an aromatic ring is 1. The molecule has 0 saturated heterocycles. The van der Waals surface area contributed by atoms with Gasteiger partial charge in [0.05, 0.1) is 22.8 Å². The highest BCUT2D eigenvalue weighted by atomic mass is 32.2. The molecule has 18 heavy (non-hydrogen) atoms. The Morgan fingerprint density at radius 1 is 1.44 bits per heavy atom. The summed E-state index contributed by atoms with van der Waals surface area (Å²) in [5.41, 5.74) is 6.81. The summed E-state index contributed by atoms with van der Waals surface area (Å²) in [6.07, 6.45) is 2.55. The van der Waals surface area contributed by atoms with Crippen LogP contribution in [0.1, 0.15) is 5.82 Å². The Labute approximate surface area is 104 Å². The van der Waals surface area contributed by atoms with Gasteiger partial charge in [-0.05, 0) is 18.2 Å². The van der Waals surface area contributed by atoms with Gasteiger partial charge in [0.15, 0.2) is 9.84 Å². The molecule has 4 N–H and O–H groups in total. The highest BCUT2D eigenvalue weighted by molar-refractivity contribution is 7.90. The van der Waals surface area contributed by atoms with Gasteiger partial charge in [0.2, 0.25) is 0 Å². The third kappa shape index (κ3) is 2.77. The second kappa shape index (κ2) is 4.65. The van der Waals surface area contributed by atoms with Crippen LogP contribution in [-0.4, -0.2) is 29.9 Å². The third-order valence-corrected chi connectivity index (χ3v) is 3.47. The number of sulfone groups is 1. The maximum atomic E-state index is 11.3. The number of nitrogens with two attached hydrogens (primary N) is 1. The molecule has 1 aromatic heterocycles. The van der Waals surface area contributed by atoms with Crippen LogP contribution >= 0.6 is 0 Å². The molecule has 0 fully saturated rings. The topological polar surface area (TPSA) is 114 Å². The zero-order valence-corrected chi connectivity index (χ0v) is 10.5. The molecule has 0 bridgehead atoms. The number of benzene rings is 1. The lowest BCUT2D eigenvalue weighted by Gasteiger charge is -2.09. The lowest BCUT2D eigenvalue weighted by molar-refractivity contribution is 0.602. The Hall–Kier alpha value is -2.09. The molecule has 0 aliphatic heterocycles. The van der Waals surface area contributed by atoms with Crippen LogP contribution in [0.2, 0.25) is 0 Å². The van der Waals surface area contributed by atoms with Crippen LogP contribution in [0.5, 0.6) is 0 Å². The number of hydrogen-bond acceptors (Lipinski definition) is 6. The summed E-state index contributed by atoms with van der Waals surface area (Å²) in [7, 11) is -3.24. The molecule has 7 nitrogen and oxygen atoms in total. The van der Waals surface area contributed by atoms with Crippen LogP contribution in [0.4, 0.5) is 11.4 Å². The molecule has 0 spiro atoms. The fourth-order valence-electron chi connectivity index (χ4n) is 1.43. The van der Waals surface area contributed by atoms with Crippen molar-refractivity contribution in [2.75, 3.05) is 17.3 Å². The molecule has 0 amide bonds. The smallest absolute Gasteiger partial charge is 0.175 e. The average molecular weight is 267 g/mol. The van der Waals surface area contributed by atoms with Crippen molar-refractivity contribution in [3.8, 4) is 0 Å². The van der Waals surface area contributed by atoms with Gasteiger partial charge in [0.25, 0.3) is 0 Å². The van der Waals surface area contributed by atoms with Crippen molar-refractivity contribution in [1.29, 1.82) is 0 Å². The first-order valence-electron chi connectivity index (χ1n) is 5.14. The molecular weight excluding hydrogens is 254 g/mol. The largest absolute Gasteiger partial charge is 0.397 e. The van der Waals surface area contributed by atoms with Gasteiger partial charge in [-0.3, -0.25) is 5.10 Å². The number of H-pyrrole nitrogens is 1. The SMILES string of the molecule is CS(=O)(=O)c1ccc(NCc2ncn[nH]2)c(N)c1. The van der Waals surface area contributed by atoms with Crippen LogP contribution < -0.4 is 11.1 Å². The monoisotopic (exact) mass is 267 g/mol. The van der Waals surface area contributed by atoms with Gasteiger partial charge in [-0.25, -0.2) is 13.4 Å². The Morgan fingerprint density at radius 2 is 2.22 bits per heavy atom. The van der Waals surface area contributed by atoms with Crippen molar-refractivity contribution < 1.29 is 8.42 Å². The fourth-order valence-corrected chi connectivity index (χ4v) is 2.08. The normalized spacial score (nSPS) is 11.4. The lowest BCUT2D eigenvalue weighted by Crippen LogP contribution is -2.05. The highest BCUT2D eigenvalue weighted by Gasteiger charge is 2.09. The first-order valence-corrected chi connectivity index (χ1v) is 7.03. The van der Waals surface area contributed by atoms with Crippen molar-refractivity contribution in [2.45, 2.75) is 11.4 Å². The molecule has 1 aromatic carbocycles. The molecule has 0 unspecified atom stereocenters. The zero-order chi connectivity index (χ0) is 13.2. The van der Waals surface area contributed by atoms with Gasteiger partial charge in [0, 0.05) is 6.26 Å². The van der Waals surface area contributed by atoms with E-state index in [0.717, 1.165) is 6.26 Å². The summed E-state index contributed by atoms with van der Waals surface area (Å²) in [4.78, 5) is 4.15. The molecular formula is C10H13N5O2S. The van der Waals surface area contributed by atoms with Crippen molar-refractivity contribution in [3.05, 3.63) is 30.4 Å². The van der Waals surface area contributed by atoms with E-state index in [9.17, 15) is 8.42 Å². The van der Waals surface area contributed by atoms with E-state index in [1.54, 1.807) is 6.07 Å². The fraction of sp³-hybridized carbons (Fsp3) is 0.200. The molecule has 0 radical (unpaired) electrons. The standard InChI is InChI=1S/C10H13N5O2S/c1-18(16,17)7-2-3-9(8(11)4-7)12-5-10-13-6-14-15-10/h2-4,6,12H,5,11H2,1H3,(H,13,14,15). The van der Waals surface area contributed by atoms with Crippen molar-refractivity contribution in [3.63, 3.8) is 0 Å². The maximum Gasteiger partial charge on any atom is 0.175 e. The minimum Gasteiger partial charge on any atom is -0.397 e. The number of aromatic amines is 1. The molecule has 2 aromatic rings. The number of aromatic nitrogens is 3. The number of hydrogen-bond donors (Lipinski definition) is 3. The average Bonchev–Trinajstić information content (AvgIpc) is 2.79.